The van der Waals surface area contributed by atoms with Gasteiger partial charge in [0.25, 0.3) is 0 Å². The van der Waals surface area contributed by atoms with Gasteiger partial charge in [0, 0.05) is 16.8 Å². The number of benzene rings is 3. The minimum absolute atomic E-state index is 0.438. The Kier molecular flexibility index (Phi) is 4.81. The van der Waals surface area contributed by atoms with Gasteiger partial charge in [-0.2, -0.15) is 0 Å². The van der Waals surface area contributed by atoms with Crippen molar-refractivity contribution in [3.8, 4) is 0 Å². The number of fused-ring (bicyclic) bond motifs is 1. The van der Waals surface area contributed by atoms with Crippen LogP contribution in [0.4, 0.5) is 11.4 Å². The minimum Gasteiger partial charge on any atom is -0.332 e. The van der Waals surface area contributed by atoms with E-state index in [-0.39, 0.29) is 0 Å². The van der Waals surface area contributed by atoms with Crippen molar-refractivity contribution in [1.29, 1.82) is 0 Å². The van der Waals surface area contributed by atoms with Crippen molar-refractivity contribution in [3.05, 3.63) is 71.8 Å². The SMILES string of the molecule is Cc1cccc(C(C)C)c1NC(=S)Nc1cccc2ccccc12. The summed E-state index contributed by atoms with van der Waals surface area (Å²) in [5, 5.41) is 9.72. The summed E-state index contributed by atoms with van der Waals surface area (Å²) in [6, 6.07) is 20.9. The Morgan fingerprint density at radius 3 is 2.38 bits per heavy atom. The van der Waals surface area contributed by atoms with Crippen molar-refractivity contribution in [3.63, 3.8) is 0 Å². The molecule has 2 nitrogen and oxygen atoms in total. The first-order chi connectivity index (χ1) is 11.6. The van der Waals surface area contributed by atoms with Crippen LogP contribution in [0.15, 0.2) is 60.7 Å². The van der Waals surface area contributed by atoms with Gasteiger partial charge in [0.2, 0.25) is 0 Å². The van der Waals surface area contributed by atoms with E-state index < -0.39 is 0 Å². The molecule has 122 valence electrons. The molecule has 0 heterocycles. The van der Waals surface area contributed by atoms with E-state index in [0.717, 1.165) is 16.8 Å². The highest BCUT2D eigenvalue weighted by molar-refractivity contribution is 7.80. The molecule has 0 amide bonds. The number of hydrogen-bond acceptors (Lipinski definition) is 1. The van der Waals surface area contributed by atoms with Crippen molar-refractivity contribution in [2.75, 3.05) is 10.6 Å². The normalized spacial score (nSPS) is 10.8. The zero-order valence-corrected chi connectivity index (χ0v) is 15.1. The number of rotatable bonds is 3. The minimum atomic E-state index is 0.438. The maximum atomic E-state index is 5.56. The van der Waals surface area contributed by atoms with Gasteiger partial charge in [0.05, 0.1) is 0 Å². The van der Waals surface area contributed by atoms with Crippen LogP contribution in [0.5, 0.6) is 0 Å². The predicted octanol–water partition coefficient (Wildman–Crippen LogP) is 6.08. The van der Waals surface area contributed by atoms with Crippen LogP contribution in [0.1, 0.15) is 30.9 Å². The number of thiocarbonyl (C=S) groups is 1. The standard InChI is InChI=1S/C21H22N2S/c1-14(2)17-12-6-8-15(3)20(17)23-21(24)22-19-13-7-10-16-9-4-5-11-18(16)19/h4-14H,1-3H3,(H2,22,23,24). The lowest BCUT2D eigenvalue weighted by Gasteiger charge is -2.19. The van der Waals surface area contributed by atoms with Crippen LogP contribution in [0.3, 0.4) is 0 Å². The van der Waals surface area contributed by atoms with Crippen molar-refractivity contribution in [1.82, 2.24) is 0 Å². The van der Waals surface area contributed by atoms with Gasteiger partial charge in [-0.3, -0.25) is 0 Å². The molecule has 3 heteroatoms. The molecule has 0 aliphatic carbocycles. The molecule has 0 atom stereocenters. The zero-order chi connectivity index (χ0) is 17.1. The van der Waals surface area contributed by atoms with Crippen molar-refractivity contribution >= 4 is 39.5 Å². The third kappa shape index (κ3) is 3.41. The summed E-state index contributed by atoms with van der Waals surface area (Å²) in [4.78, 5) is 0. The maximum Gasteiger partial charge on any atom is 0.175 e. The lowest BCUT2D eigenvalue weighted by Crippen LogP contribution is -2.21. The molecule has 2 N–H and O–H groups in total. The highest BCUT2D eigenvalue weighted by Gasteiger charge is 2.11. The highest BCUT2D eigenvalue weighted by atomic mass is 32.1. The second kappa shape index (κ2) is 7.02. The van der Waals surface area contributed by atoms with Crippen LogP contribution in [-0.2, 0) is 0 Å². The fourth-order valence-corrected chi connectivity index (χ4v) is 3.16. The molecule has 0 fully saturated rings. The highest BCUT2D eigenvalue weighted by Crippen LogP contribution is 2.28. The average Bonchev–Trinajstić information content (AvgIpc) is 2.57. The van der Waals surface area contributed by atoms with Gasteiger partial charge in [0.1, 0.15) is 0 Å². The van der Waals surface area contributed by atoms with Gasteiger partial charge in [0.15, 0.2) is 5.11 Å². The molecular formula is C21H22N2S. The quantitative estimate of drug-likeness (QED) is 0.568. The number of para-hydroxylation sites is 1. The van der Waals surface area contributed by atoms with Crippen molar-refractivity contribution in [2.45, 2.75) is 26.7 Å². The summed E-state index contributed by atoms with van der Waals surface area (Å²) in [7, 11) is 0. The molecule has 0 unspecified atom stereocenters. The molecule has 3 rings (SSSR count). The summed E-state index contributed by atoms with van der Waals surface area (Å²) in [6.07, 6.45) is 0. The number of anilines is 2. The second-order valence-corrected chi connectivity index (χ2v) is 6.71. The summed E-state index contributed by atoms with van der Waals surface area (Å²) in [5.74, 6) is 0.438. The fraction of sp³-hybridized carbons (Fsp3) is 0.190. The van der Waals surface area contributed by atoms with Crippen molar-refractivity contribution in [2.24, 2.45) is 0 Å². The van der Waals surface area contributed by atoms with E-state index in [1.165, 1.54) is 16.5 Å². The fourth-order valence-electron chi connectivity index (χ4n) is 2.94. The Morgan fingerprint density at radius 1 is 0.875 bits per heavy atom. The topological polar surface area (TPSA) is 24.1 Å². The van der Waals surface area contributed by atoms with Crippen molar-refractivity contribution < 1.29 is 0 Å². The Balaban J connectivity index is 1.86. The summed E-state index contributed by atoms with van der Waals surface area (Å²) in [5.41, 5.74) is 4.59. The van der Waals surface area contributed by atoms with Gasteiger partial charge in [-0.15, -0.1) is 0 Å². The number of aryl methyl sites for hydroxylation is 1. The van der Waals surface area contributed by atoms with Crippen LogP contribution in [-0.4, -0.2) is 5.11 Å². The molecular weight excluding hydrogens is 312 g/mol. The molecule has 3 aromatic rings. The van der Waals surface area contributed by atoms with Gasteiger partial charge >= 0.3 is 0 Å². The molecule has 0 saturated heterocycles. The van der Waals surface area contributed by atoms with Gasteiger partial charge in [-0.25, -0.2) is 0 Å². The Morgan fingerprint density at radius 2 is 1.58 bits per heavy atom. The number of hydrogen-bond donors (Lipinski definition) is 2. The summed E-state index contributed by atoms with van der Waals surface area (Å²) in [6.45, 7) is 6.50. The maximum absolute atomic E-state index is 5.56. The molecule has 0 spiro atoms. The molecule has 0 aromatic heterocycles. The van der Waals surface area contributed by atoms with E-state index >= 15 is 0 Å². The summed E-state index contributed by atoms with van der Waals surface area (Å²) < 4.78 is 0. The van der Waals surface area contributed by atoms with Crippen LogP contribution in [0.25, 0.3) is 10.8 Å². The Bertz CT molecular complexity index is 879. The molecule has 0 radical (unpaired) electrons. The van der Waals surface area contributed by atoms with E-state index in [9.17, 15) is 0 Å². The monoisotopic (exact) mass is 334 g/mol. The lowest BCUT2D eigenvalue weighted by molar-refractivity contribution is 0.868. The predicted molar refractivity (Wildman–Crippen MR) is 109 cm³/mol. The van der Waals surface area contributed by atoms with Gasteiger partial charge < -0.3 is 10.6 Å². The number of nitrogens with one attached hydrogen (secondary N) is 2. The Hall–Kier alpha value is -2.39. The first-order valence-electron chi connectivity index (χ1n) is 8.21. The largest absolute Gasteiger partial charge is 0.332 e. The summed E-state index contributed by atoms with van der Waals surface area (Å²) >= 11 is 5.56. The molecule has 0 aliphatic heterocycles. The van der Waals surface area contributed by atoms with E-state index in [2.05, 4.69) is 73.9 Å². The second-order valence-electron chi connectivity index (χ2n) is 6.30. The molecule has 24 heavy (non-hydrogen) atoms. The van der Waals surface area contributed by atoms with Crippen LogP contribution in [0.2, 0.25) is 0 Å². The van der Waals surface area contributed by atoms with Gasteiger partial charge in [-0.1, -0.05) is 68.4 Å². The average molecular weight is 334 g/mol. The third-order valence-corrected chi connectivity index (χ3v) is 4.41. The first kappa shape index (κ1) is 16.5. The third-order valence-electron chi connectivity index (χ3n) is 4.20. The zero-order valence-electron chi connectivity index (χ0n) is 14.3. The molecule has 0 bridgehead atoms. The lowest BCUT2D eigenvalue weighted by atomic mass is 9.98. The van der Waals surface area contributed by atoms with Gasteiger partial charge in [-0.05, 0) is 47.6 Å². The van der Waals surface area contributed by atoms with E-state index in [1.807, 2.05) is 18.2 Å². The smallest absolute Gasteiger partial charge is 0.175 e. The van der Waals surface area contributed by atoms with Crippen LogP contribution >= 0.6 is 12.2 Å². The first-order valence-corrected chi connectivity index (χ1v) is 8.62. The van der Waals surface area contributed by atoms with Crippen LogP contribution < -0.4 is 10.6 Å². The van der Waals surface area contributed by atoms with E-state index in [1.54, 1.807) is 0 Å². The van der Waals surface area contributed by atoms with Crippen LogP contribution in [0, 0.1) is 6.92 Å². The van der Waals surface area contributed by atoms with E-state index in [4.69, 9.17) is 12.2 Å². The molecule has 0 aliphatic rings. The molecule has 3 aromatic carbocycles. The Labute approximate surface area is 148 Å². The van der Waals surface area contributed by atoms with E-state index in [0.29, 0.717) is 11.0 Å². The molecule has 0 saturated carbocycles.